The van der Waals surface area contributed by atoms with Gasteiger partial charge in [0.25, 0.3) is 0 Å². The van der Waals surface area contributed by atoms with E-state index in [0.717, 1.165) is 37.1 Å². The first-order valence-electron chi connectivity index (χ1n) is 6.44. The molecule has 0 heterocycles. The number of unbranched alkanes of at least 4 members (excludes halogenated alkanes) is 1. The van der Waals surface area contributed by atoms with E-state index in [4.69, 9.17) is 11.5 Å². The Morgan fingerprint density at radius 2 is 1.00 bits per heavy atom. The summed E-state index contributed by atoms with van der Waals surface area (Å²) < 4.78 is 0. The number of rotatable bonds is 5. The molecule has 2 rings (SSSR count). The smallest absolute Gasteiger partial charge is 0.0346 e. The van der Waals surface area contributed by atoms with Crippen LogP contribution < -0.4 is 11.5 Å². The van der Waals surface area contributed by atoms with Crippen LogP contribution >= 0.6 is 0 Å². The quantitative estimate of drug-likeness (QED) is 0.621. The van der Waals surface area contributed by atoms with Crippen LogP contribution in [0, 0.1) is 0 Å². The summed E-state index contributed by atoms with van der Waals surface area (Å²) in [6, 6.07) is 16.2. The van der Waals surface area contributed by atoms with Crippen molar-refractivity contribution in [3.05, 3.63) is 59.7 Å². The maximum absolute atomic E-state index is 5.92. The van der Waals surface area contributed by atoms with Gasteiger partial charge in [0, 0.05) is 11.4 Å². The van der Waals surface area contributed by atoms with Gasteiger partial charge < -0.3 is 11.5 Å². The monoisotopic (exact) mass is 240 g/mol. The predicted molar refractivity (Wildman–Crippen MR) is 78.4 cm³/mol. The van der Waals surface area contributed by atoms with Gasteiger partial charge in [0.1, 0.15) is 0 Å². The molecule has 2 nitrogen and oxygen atoms in total. The average molecular weight is 240 g/mol. The van der Waals surface area contributed by atoms with E-state index >= 15 is 0 Å². The van der Waals surface area contributed by atoms with Crippen molar-refractivity contribution in [3.8, 4) is 0 Å². The molecule has 0 spiro atoms. The second-order valence-corrected chi connectivity index (χ2v) is 4.60. The number of hydrogen-bond acceptors (Lipinski definition) is 2. The lowest BCUT2D eigenvalue weighted by atomic mass is 10.0. The lowest BCUT2D eigenvalue weighted by molar-refractivity contribution is 0.736. The van der Waals surface area contributed by atoms with E-state index in [9.17, 15) is 0 Å². The van der Waals surface area contributed by atoms with Crippen LogP contribution in [0.25, 0.3) is 0 Å². The van der Waals surface area contributed by atoms with Gasteiger partial charge in [-0.2, -0.15) is 0 Å². The molecule has 0 bridgehead atoms. The van der Waals surface area contributed by atoms with Gasteiger partial charge >= 0.3 is 0 Å². The van der Waals surface area contributed by atoms with Crippen LogP contribution in [0.15, 0.2) is 48.5 Å². The minimum Gasteiger partial charge on any atom is -0.399 e. The van der Waals surface area contributed by atoms with Crippen molar-refractivity contribution < 1.29 is 0 Å². The SMILES string of the molecule is Nc1ccccc1CCCCc1ccccc1N. The highest BCUT2D eigenvalue weighted by Crippen LogP contribution is 2.17. The Balaban J connectivity index is 1.80. The lowest BCUT2D eigenvalue weighted by Crippen LogP contribution is -1.96. The highest BCUT2D eigenvalue weighted by Gasteiger charge is 2.00. The second-order valence-electron chi connectivity index (χ2n) is 4.60. The summed E-state index contributed by atoms with van der Waals surface area (Å²) >= 11 is 0. The third-order valence-corrected chi connectivity index (χ3v) is 3.25. The summed E-state index contributed by atoms with van der Waals surface area (Å²) in [5.41, 5.74) is 16.1. The van der Waals surface area contributed by atoms with Gasteiger partial charge in [0.05, 0.1) is 0 Å². The van der Waals surface area contributed by atoms with Gasteiger partial charge in [-0.1, -0.05) is 36.4 Å². The molecule has 0 amide bonds. The van der Waals surface area contributed by atoms with Gasteiger partial charge in [-0.15, -0.1) is 0 Å². The van der Waals surface area contributed by atoms with Crippen LogP contribution in [0.4, 0.5) is 11.4 Å². The third-order valence-electron chi connectivity index (χ3n) is 3.25. The third kappa shape index (κ3) is 3.27. The van der Waals surface area contributed by atoms with Crippen LogP contribution in [0.3, 0.4) is 0 Å². The molecule has 2 aromatic carbocycles. The Kier molecular flexibility index (Phi) is 4.24. The Morgan fingerprint density at radius 1 is 0.611 bits per heavy atom. The number of hydrogen-bond donors (Lipinski definition) is 2. The molecule has 0 fully saturated rings. The summed E-state index contributed by atoms with van der Waals surface area (Å²) in [4.78, 5) is 0. The van der Waals surface area contributed by atoms with Gasteiger partial charge in [-0.25, -0.2) is 0 Å². The Bertz CT molecular complexity index is 458. The van der Waals surface area contributed by atoms with Gasteiger partial charge in [0.15, 0.2) is 0 Å². The number of benzene rings is 2. The number of aryl methyl sites for hydroxylation is 2. The van der Waals surface area contributed by atoms with Crippen molar-refractivity contribution >= 4 is 11.4 Å². The van der Waals surface area contributed by atoms with Gasteiger partial charge in [-0.05, 0) is 48.9 Å². The molecule has 94 valence electrons. The summed E-state index contributed by atoms with van der Waals surface area (Å²) in [5, 5.41) is 0. The Morgan fingerprint density at radius 3 is 1.39 bits per heavy atom. The lowest BCUT2D eigenvalue weighted by Gasteiger charge is -2.06. The molecule has 0 saturated carbocycles. The molecule has 0 aliphatic heterocycles. The van der Waals surface area contributed by atoms with Gasteiger partial charge in [0.2, 0.25) is 0 Å². The minimum atomic E-state index is 0.900. The van der Waals surface area contributed by atoms with E-state index in [1.165, 1.54) is 11.1 Å². The van der Waals surface area contributed by atoms with E-state index in [1.54, 1.807) is 0 Å². The molecule has 0 unspecified atom stereocenters. The zero-order chi connectivity index (χ0) is 12.8. The molecule has 18 heavy (non-hydrogen) atoms. The zero-order valence-electron chi connectivity index (χ0n) is 10.6. The van der Waals surface area contributed by atoms with Crippen molar-refractivity contribution in [2.45, 2.75) is 25.7 Å². The van der Waals surface area contributed by atoms with E-state index in [0.29, 0.717) is 0 Å². The Labute approximate surface area is 109 Å². The zero-order valence-corrected chi connectivity index (χ0v) is 10.6. The highest BCUT2D eigenvalue weighted by molar-refractivity contribution is 5.47. The van der Waals surface area contributed by atoms with Crippen molar-refractivity contribution in [1.82, 2.24) is 0 Å². The van der Waals surface area contributed by atoms with E-state index < -0.39 is 0 Å². The van der Waals surface area contributed by atoms with Crippen LogP contribution in [-0.2, 0) is 12.8 Å². The number of nitrogens with two attached hydrogens (primary N) is 2. The fourth-order valence-electron chi connectivity index (χ4n) is 2.15. The van der Waals surface area contributed by atoms with Crippen molar-refractivity contribution in [1.29, 1.82) is 0 Å². The van der Waals surface area contributed by atoms with Crippen molar-refractivity contribution in [2.75, 3.05) is 11.5 Å². The maximum Gasteiger partial charge on any atom is 0.0346 e. The first-order chi connectivity index (χ1) is 8.77. The number of nitrogen functional groups attached to an aromatic ring is 2. The first kappa shape index (κ1) is 12.5. The van der Waals surface area contributed by atoms with Crippen molar-refractivity contribution in [3.63, 3.8) is 0 Å². The Hall–Kier alpha value is -1.96. The second kappa shape index (κ2) is 6.10. The molecule has 0 atom stereocenters. The normalized spacial score (nSPS) is 10.4. The van der Waals surface area contributed by atoms with Gasteiger partial charge in [-0.3, -0.25) is 0 Å². The van der Waals surface area contributed by atoms with Crippen LogP contribution in [0.5, 0.6) is 0 Å². The van der Waals surface area contributed by atoms with Crippen LogP contribution in [0.2, 0.25) is 0 Å². The first-order valence-corrected chi connectivity index (χ1v) is 6.44. The maximum atomic E-state index is 5.92. The molecule has 2 aromatic rings. The van der Waals surface area contributed by atoms with Crippen LogP contribution in [0.1, 0.15) is 24.0 Å². The summed E-state index contributed by atoms with van der Waals surface area (Å²) in [7, 11) is 0. The molecule has 0 aliphatic rings. The molecule has 4 N–H and O–H groups in total. The van der Waals surface area contributed by atoms with Crippen LogP contribution in [-0.4, -0.2) is 0 Å². The fraction of sp³-hybridized carbons (Fsp3) is 0.250. The standard InChI is InChI=1S/C16H20N2/c17-15-11-5-3-9-13(15)7-1-2-8-14-10-4-6-12-16(14)18/h3-6,9-12H,1-2,7-8,17-18H2. The van der Waals surface area contributed by atoms with E-state index in [2.05, 4.69) is 12.1 Å². The molecular formula is C16H20N2. The average Bonchev–Trinajstić information content (AvgIpc) is 2.38. The summed E-state index contributed by atoms with van der Waals surface area (Å²) in [5.74, 6) is 0. The summed E-state index contributed by atoms with van der Waals surface area (Å²) in [6.07, 6.45) is 4.36. The molecule has 0 aromatic heterocycles. The summed E-state index contributed by atoms with van der Waals surface area (Å²) in [6.45, 7) is 0. The highest BCUT2D eigenvalue weighted by atomic mass is 14.6. The minimum absolute atomic E-state index is 0.900. The van der Waals surface area contributed by atoms with Crippen molar-refractivity contribution in [2.24, 2.45) is 0 Å². The molecule has 0 radical (unpaired) electrons. The van der Waals surface area contributed by atoms with E-state index in [-0.39, 0.29) is 0 Å². The molecular weight excluding hydrogens is 220 g/mol. The van der Waals surface area contributed by atoms with E-state index in [1.807, 2.05) is 36.4 Å². The largest absolute Gasteiger partial charge is 0.399 e. The fourth-order valence-corrected chi connectivity index (χ4v) is 2.15. The molecule has 0 saturated heterocycles. The topological polar surface area (TPSA) is 52.0 Å². The number of anilines is 2. The number of para-hydroxylation sites is 2. The predicted octanol–water partition coefficient (Wildman–Crippen LogP) is 3.42. The molecule has 0 aliphatic carbocycles. The molecule has 2 heteroatoms.